The van der Waals surface area contributed by atoms with Gasteiger partial charge >= 0.3 is 12.2 Å². The van der Waals surface area contributed by atoms with Crippen LogP contribution >= 0.6 is 11.6 Å². The molecule has 0 radical (unpaired) electrons. The number of amides is 3. The minimum atomic E-state index is -2.55. The summed E-state index contributed by atoms with van der Waals surface area (Å²) in [6.45, 7) is 19.9. The van der Waals surface area contributed by atoms with Gasteiger partial charge in [0.25, 0.3) is 0 Å². The lowest BCUT2D eigenvalue weighted by Gasteiger charge is -2.40. The van der Waals surface area contributed by atoms with Gasteiger partial charge in [0.05, 0.1) is 35.7 Å². The second-order valence-corrected chi connectivity index (χ2v) is 29.3. The number of hydrogen-bond acceptors (Lipinski definition) is 9. The summed E-state index contributed by atoms with van der Waals surface area (Å²) in [5, 5.41) is 5.43. The van der Waals surface area contributed by atoms with Crippen molar-refractivity contribution < 1.29 is 37.4 Å². The molecule has 62 heavy (non-hydrogen) atoms. The average molecular weight is 910 g/mol. The molecule has 2 aromatic heterocycles. The number of carbonyl (C=O) groups is 3. The SMILES string of the molecule is COC(=O)Nc1ccc2c(c1)NC(=O)[C@H](C)CCC[C@H](N(CC[C@@H](O[Si](C)(C)C(C)(C)C)c1nccc(Cl)c1F)C(=O)Oc1ccccc1)c1nc-2cn1COCC[Si](C)(C)C. The topological polar surface area (TPSA) is 146 Å². The zero-order valence-electron chi connectivity index (χ0n) is 37.6. The molecule has 3 amide bonds. The molecule has 3 atom stereocenters. The Hall–Kier alpha value is -4.62. The number of anilines is 2. The minimum Gasteiger partial charge on any atom is -0.453 e. The summed E-state index contributed by atoms with van der Waals surface area (Å²) in [4.78, 5) is 51.9. The Morgan fingerprint density at radius 2 is 1.81 bits per heavy atom. The standard InChI is InChI=1S/C45H62ClFN6O7Si2/c1-30-15-14-18-37(41-50-36(28-52(41)29-58-25-26-61(6,7)8)33-20-19-31(49-43(55)57-5)27-35(33)51-42(30)54)53(44(56)59-32-16-12-11-13-17-32)24-22-38(60-62(9,10)45(2,3)4)40-39(47)34(46)21-23-48-40/h11-13,16-17,19-21,23,27-28,30,37-38H,14-15,18,22,24-26,29H2,1-10H3,(H,49,55)(H,51,54)/t30-,37+,38-/m1/s1. The van der Waals surface area contributed by atoms with Crippen molar-refractivity contribution >= 4 is 57.5 Å². The van der Waals surface area contributed by atoms with Crippen LogP contribution in [0, 0.1) is 11.7 Å². The maximum atomic E-state index is 15.9. The number of halogens is 2. The predicted octanol–water partition coefficient (Wildman–Crippen LogP) is 11.7. The highest BCUT2D eigenvalue weighted by Crippen LogP contribution is 2.42. The van der Waals surface area contributed by atoms with Gasteiger partial charge in [0.2, 0.25) is 5.91 Å². The lowest BCUT2D eigenvalue weighted by molar-refractivity contribution is -0.119. The first kappa shape index (κ1) is 48.4. The Morgan fingerprint density at radius 3 is 2.48 bits per heavy atom. The highest BCUT2D eigenvalue weighted by atomic mass is 35.5. The van der Waals surface area contributed by atoms with Crippen LogP contribution < -0.4 is 15.4 Å². The van der Waals surface area contributed by atoms with Crippen molar-refractivity contribution in [3.63, 3.8) is 0 Å². The van der Waals surface area contributed by atoms with E-state index >= 15 is 4.39 Å². The zero-order valence-corrected chi connectivity index (χ0v) is 40.4. The molecule has 3 heterocycles. The van der Waals surface area contributed by atoms with Crippen molar-refractivity contribution in [3.05, 3.63) is 89.3 Å². The third-order valence-corrected chi connectivity index (χ3v) is 18.0. The van der Waals surface area contributed by atoms with E-state index in [0.717, 1.165) is 6.04 Å². The molecule has 2 N–H and O–H groups in total. The molecule has 0 fully saturated rings. The molecular weight excluding hydrogens is 847 g/mol. The fraction of sp³-hybridized carbons (Fsp3) is 0.489. The smallest absolute Gasteiger partial charge is 0.415 e. The van der Waals surface area contributed by atoms with Gasteiger partial charge in [0.15, 0.2) is 14.1 Å². The summed E-state index contributed by atoms with van der Waals surface area (Å²) in [5.74, 6) is -0.418. The molecule has 13 nitrogen and oxygen atoms in total. The van der Waals surface area contributed by atoms with Gasteiger partial charge in [0.1, 0.15) is 24.0 Å². The van der Waals surface area contributed by atoms with E-state index in [1.54, 1.807) is 47.4 Å². The monoisotopic (exact) mass is 908 g/mol. The normalized spacial score (nSPS) is 16.5. The molecule has 1 aliphatic heterocycles. The quantitative estimate of drug-likeness (QED) is 0.0932. The summed E-state index contributed by atoms with van der Waals surface area (Å²) < 4.78 is 42.0. The summed E-state index contributed by atoms with van der Waals surface area (Å²) >= 11 is 6.33. The molecule has 17 heteroatoms. The van der Waals surface area contributed by atoms with Gasteiger partial charge in [0, 0.05) is 50.8 Å². The van der Waals surface area contributed by atoms with Crippen LogP contribution in [0.5, 0.6) is 5.75 Å². The van der Waals surface area contributed by atoms with E-state index < -0.39 is 52.5 Å². The molecule has 2 aromatic carbocycles. The summed E-state index contributed by atoms with van der Waals surface area (Å²) in [7, 11) is -2.72. The van der Waals surface area contributed by atoms with E-state index in [1.807, 2.05) is 23.8 Å². The Balaban J connectivity index is 1.67. The van der Waals surface area contributed by atoms with Crippen molar-refractivity contribution in [1.82, 2.24) is 19.4 Å². The number of pyridine rings is 1. The third kappa shape index (κ3) is 12.7. The lowest BCUT2D eigenvalue weighted by Crippen LogP contribution is -2.44. The number of hydrogen-bond donors (Lipinski definition) is 2. The molecule has 0 aliphatic carbocycles. The summed E-state index contributed by atoms with van der Waals surface area (Å²) in [5.41, 5.74) is 2.01. The number of benzene rings is 2. The van der Waals surface area contributed by atoms with Crippen molar-refractivity contribution in [2.75, 3.05) is 30.9 Å². The molecule has 2 bridgehead atoms. The Morgan fingerprint density at radius 1 is 1.08 bits per heavy atom. The molecule has 0 saturated heterocycles. The largest absolute Gasteiger partial charge is 0.453 e. The molecule has 0 saturated carbocycles. The highest BCUT2D eigenvalue weighted by molar-refractivity contribution is 6.76. The summed E-state index contributed by atoms with van der Waals surface area (Å²) in [6, 6.07) is 15.6. The van der Waals surface area contributed by atoms with Crippen LogP contribution in [0.4, 0.5) is 25.4 Å². The van der Waals surface area contributed by atoms with Gasteiger partial charge in [-0.3, -0.25) is 20.0 Å². The van der Waals surface area contributed by atoms with Crippen LogP contribution in [-0.4, -0.2) is 74.2 Å². The van der Waals surface area contributed by atoms with Crippen LogP contribution in [0.25, 0.3) is 11.3 Å². The van der Waals surface area contributed by atoms with Crippen molar-refractivity contribution in [2.45, 2.75) is 116 Å². The van der Waals surface area contributed by atoms with Gasteiger partial charge in [-0.25, -0.2) is 19.0 Å². The Labute approximate surface area is 372 Å². The van der Waals surface area contributed by atoms with Crippen molar-refractivity contribution in [1.29, 1.82) is 0 Å². The first-order valence-electron chi connectivity index (χ1n) is 21.1. The second-order valence-electron chi connectivity index (χ2n) is 18.5. The highest BCUT2D eigenvalue weighted by Gasteiger charge is 2.41. The average Bonchev–Trinajstić information content (AvgIpc) is 3.62. The molecule has 0 spiro atoms. The van der Waals surface area contributed by atoms with Gasteiger partial charge in [-0.05, 0) is 79.8 Å². The number of aromatic nitrogens is 3. The molecule has 336 valence electrons. The van der Waals surface area contributed by atoms with E-state index in [2.05, 4.69) is 69.1 Å². The number of nitrogens with one attached hydrogen (secondary N) is 2. The Bertz CT molecular complexity index is 2180. The fourth-order valence-corrected chi connectivity index (χ4v) is 8.94. The second kappa shape index (κ2) is 20.7. The lowest BCUT2D eigenvalue weighted by atomic mass is 9.98. The number of nitrogens with zero attached hydrogens (tertiary/aromatic N) is 4. The number of para-hydroxylation sites is 1. The van der Waals surface area contributed by atoms with E-state index in [4.69, 9.17) is 35.2 Å². The van der Waals surface area contributed by atoms with Crippen molar-refractivity contribution in [2.24, 2.45) is 5.92 Å². The molecular formula is C45H62ClFN6O7Si2. The van der Waals surface area contributed by atoms with Crippen LogP contribution in [0.2, 0.25) is 48.8 Å². The number of methoxy groups -OCH3 is 1. The molecule has 0 unspecified atom stereocenters. The number of carbonyl (C=O) groups excluding carboxylic acids is 3. The minimum absolute atomic E-state index is 0.0527. The number of imidazole rings is 1. The van der Waals surface area contributed by atoms with Crippen LogP contribution in [-0.2, 0) is 25.4 Å². The molecule has 1 aliphatic rings. The maximum absolute atomic E-state index is 15.9. The number of rotatable bonds is 14. The van der Waals surface area contributed by atoms with E-state index in [0.29, 0.717) is 60.1 Å². The Kier molecular flexibility index (Phi) is 16.2. The van der Waals surface area contributed by atoms with Gasteiger partial charge in [-0.1, -0.05) is 83.6 Å². The van der Waals surface area contributed by atoms with Crippen LogP contribution in [0.1, 0.15) is 77.0 Å². The molecule has 4 aromatic rings. The molecule has 5 rings (SSSR count). The third-order valence-electron chi connectivity index (χ3n) is 11.5. The van der Waals surface area contributed by atoms with Gasteiger partial charge in [-0.2, -0.15) is 0 Å². The van der Waals surface area contributed by atoms with Gasteiger partial charge < -0.3 is 28.5 Å². The number of fused-ring (bicyclic) bond motifs is 4. The van der Waals surface area contributed by atoms with E-state index in [1.165, 1.54) is 19.4 Å². The predicted molar refractivity (Wildman–Crippen MR) is 246 cm³/mol. The van der Waals surface area contributed by atoms with Crippen LogP contribution in [0.15, 0.2) is 67.0 Å². The fourth-order valence-electron chi connectivity index (χ4n) is 6.74. The number of ether oxygens (including phenoxy) is 3. The van der Waals surface area contributed by atoms with E-state index in [-0.39, 0.29) is 41.4 Å². The van der Waals surface area contributed by atoms with Gasteiger partial charge in [-0.15, -0.1) is 0 Å². The van der Waals surface area contributed by atoms with Crippen LogP contribution in [0.3, 0.4) is 0 Å². The maximum Gasteiger partial charge on any atom is 0.415 e. The first-order chi connectivity index (χ1) is 29.2. The zero-order chi connectivity index (χ0) is 45.4. The van der Waals surface area contributed by atoms with Crippen molar-refractivity contribution in [3.8, 4) is 17.0 Å². The summed E-state index contributed by atoms with van der Waals surface area (Å²) in [6.07, 6.45) is 2.71. The first-order valence-corrected chi connectivity index (χ1v) is 28.1. The van der Waals surface area contributed by atoms with E-state index in [9.17, 15) is 14.4 Å².